The smallest absolute Gasteiger partial charge is 0.322 e. The minimum Gasteiger partial charge on any atom is -0.497 e. The number of ether oxygens (including phenoxy) is 1. The number of aryl methyl sites for hydroxylation is 2. The second-order valence-electron chi connectivity index (χ2n) is 5.31. The molecule has 3 aromatic rings. The van der Waals surface area contributed by atoms with Crippen LogP contribution in [0.2, 0.25) is 0 Å². The highest BCUT2D eigenvalue weighted by molar-refractivity contribution is 5.90. The van der Waals surface area contributed by atoms with Crippen LogP contribution in [-0.2, 0) is 11.2 Å². The van der Waals surface area contributed by atoms with Crippen LogP contribution in [0.25, 0.3) is 11.5 Å². The molecule has 1 N–H and O–H groups in total. The third kappa shape index (κ3) is 3.45. The van der Waals surface area contributed by atoms with E-state index < -0.39 is 0 Å². The minimum atomic E-state index is -0.240. The summed E-state index contributed by atoms with van der Waals surface area (Å²) in [5.74, 6) is 2.25. The number of hydrogen-bond acceptors (Lipinski definition) is 6. The van der Waals surface area contributed by atoms with Gasteiger partial charge in [0.1, 0.15) is 17.3 Å². The average Bonchev–Trinajstić information content (AvgIpc) is 3.14. The number of hydrogen-bond donors (Lipinski definition) is 1. The number of nitrogens with zero attached hydrogens (tertiary/aromatic N) is 2. The Morgan fingerprint density at radius 3 is 2.54 bits per heavy atom. The first-order valence-corrected chi connectivity index (χ1v) is 7.39. The van der Waals surface area contributed by atoms with Crippen molar-refractivity contribution in [2.24, 2.45) is 0 Å². The zero-order valence-electron chi connectivity index (χ0n) is 13.6. The van der Waals surface area contributed by atoms with E-state index in [1.54, 1.807) is 19.2 Å². The summed E-state index contributed by atoms with van der Waals surface area (Å²) >= 11 is 0. The van der Waals surface area contributed by atoms with Crippen molar-refractivity contribution in [2.45, 2.75) is 20.3 Å². The Morgan fingerprint density at radius 2 is 1.92 bits per heavy atom. The van der Waals surface area contributed by atoms with Crippen LogP contribution >= 0.6 is 0 Å². The van der Waals surface area contributed by atoms with Crippen molar-refractivity contribution in [2.75, 3.05) is 12.4 Å². The Balaban J connectivity index is 1.65. The molecule has 1 amide bonds. The van der Waals surface area contributed by atoms with Crippen LogP contribution in [0, 0.1) is 13.8 Å². The normalized spacial score (nSPS) is 10.6. The van der Waals surface area contributed by atoms with Crippen LogP contribution in [-0.4, -0.2) is 23.2 Å². The van der Waals surface area contributed by atoms with Gasteiger partial charge in [-0.05, 0) is 37.6 Å². The third-order valence-corrected chi connectivity index (χ3v) is 3.47. The van der Waals surface area contributed by atoms with Gasteiger partial charge >= 0.3 is 6.01 Å². The van der Waals surface area contributed by atoms with E-state index in [2.05, 4.69) is 15.5 Å². The average molecular weight is 327 g/mol. The number of rotatable bonds is 5. The molecule has 1 aromatic carbocycles. The molecule has 124 valence electrons. The van der Waals surface area contributed by atoms with Crippen molar-refractivity contribution in [1.82, 2.24) is 10.2 Å². The van der Waals surface area contributed by atoms with Crippen molar-refractivity contribution in [3.8, 4) is 17.2 Å². The Bertz CT molecular complexity index is 849. The van der Waals surface area contributed by atoms with E-state index in [0.717, 1.165) is 22.6 Å². The van der Waals surface area contributed by atoms with Crippen LogP contribution in [0.5, 0.6) is 5.75 Å². The molecule has 2 aromatic heterocycles. The molecule has 3 rings (SSSR count). The quantitative estimate of drug-likeness (QED) is 0.774. The van der Waals surface area contributed by atoms with Gasteiger partial charge in [-0.1, -0.05) is 17.2 Å². The number of carbonyl (C=O) groups is 1. The maximum atomic E-state index is 12.1. The second kappa shape index (κ2) is 6.57. The van der Waals surface area contributed by atoms with E-state index in [9.17, 15) is 4.79 Å². The number of methoxy groups -OCH3 is 1. The van der Waals surface area contributed by atoms with Crippen LogP contribution in [0.4, 0.5) is 6.01 Å². The van der Waals surface area contributed by atoms with E-state index in [1.807, 2.05) is 32.0 Å². The van der Waals surface area contributed by atoms with Crippen LogP contribution in [0.15, 0.2) is 39.2 Å². The number of amides is 1. The van der Waals surface area contributed by atoms with Crippen molar-refractivity contribution in [3.63, 3.8) is 0 Å². The van der Waals surface area contributed by atoms with Gasteiger partial charge in [0.2, 0.25) is 5.91 Å². The lowest BCUT2D eigenvalue weighted by molar-refractivity contribution is -0.115. The first-order chi connectivity index (χ1) is 11.5. The highest BCUT2D eigenvalue weighted by Gasteiger charge is 2.16. The lowest BCUT2D eigenvalue weighted by Crippen LogP contribution is -2.14. The zero-order valence-corrected chi connectivity index (χ0v) is 13.6. The fourth-order valence-corrected chi connectivity index (χ4v) is 2.32. The molecule has 0 saturated heterocycles. The number of benzene rings is 1. The molecule has 7 heteroatoms. The maximum absolute atomic E-state index is 12.1. The Labute approximate surface area is 138 Å². The fraction of sp³-hybridized carbons (Fsp3) is 0.235. The van der Waals surface area contributed by atoms with Crippen LogP contribution < -0.4 is 10.1 Å². The molecule has 2 heterocycles. The number of aromatic nitrogens is 2. The van der Waals surface area contributed by atoms with Gasteiger partial charge in [0, 0.05) is 0 Å². The van der Waals surface area contributed by atoms with Crippen LogP contribution in [0.1, 0.15) is 17.1 Å². The minimum absolute atomic E-state index is 0.0572. The van der Waals surface area contributed by atoms with E-state index >= 15 is 0 Å². The monoisotopic (exact) mass is 327 g/mol. The predicted octanol–water partition coefficient (Wildman–Crippen LogP) is 3.14. The predicted molar refractivity (Wildman–Crippen MR) is 86.8 cm³/mol. The van der Waals surface area contributed by atoms with Gasteiger partial charge in [-0.2, -0.15) is 0 Å². The Kier molecular flexibility index (Phi) is 4.33. The van der Waals surface area contributed by atoms with Crippen LogP contribution in [0.3, 0.4) is 0 Å². The molecular weight excluding hydrogens is 310 g/mol. The van der Waals surface area contributed by atoms with E-state index in [0.29, 0.717) is 11.7 Å². The second-order valence-corrected chi connectivity index (χ2v) is 5.31. The van der Waals surface area contributed by atoms with Crippen molar-refractivity contribution < 1.29 is 18.4 Å². The summed E-state index contributed by atoms with van der Waals surface area (Å²) < 4.78 is 16.0. The first-order valence-electron chi connectivity index (χ1n) is 7.39. The van der Waals surface area contributed by atoms with Gasteiger partial charge in [0.25, 0.3) is 5.89 Å². The molecular formula is C17H17N3O4. The summed E-state index contributed by atoms with van der Waals surface area (Å²) in [6, 6.07) is 9.13. The number of nitrogens with one attached hydrogen (secondary N) is 1. The molecule has 0 fully saturated rings. The molecule has 24 heavy (non-hydrogen) atoms. The summed E-state index contributed by atoms with van der Waals surface area (Å²) in [7, 11) is 1.60. The molecule has 0 atom stereocenters. The lowest BCUT2D eigenvalue weighted by atomic mass is 10.1. The van der Waals surface area contributed by atoms with Gasteiger partial charge in [-0.25, -0.2) is 0 Å². The van der Waals surface area contributed by atoms with Gasteiger partial charge in [0.05, 0.1) is 19.1 Å². The molecule has 0 bridgehead atoms. The van der Waals surface area contributed by atoms with Gasteiger partial charge in [-0.3, -0.25) is 10.1 Å². The van der Waals surface area contributed by atoms with E-state index in [4.69, 9.17) is 13.6 Å². The SMILES string of the molecule is COc1ccc(CC(=O)Nc2nnc(-c3cc(C)oc3C)o2)cc1. The largest absolute Gasteiger partial charge is 0.497 e. The standard InChI is InChI=1S/C17H17N3O4/c1-10-8-14(11(2)23-10)16-19-20-17(24-16)18-15(21)9-12-4-6-13(22-3)7-5-12/h4-8H,9H2,1-3H3,(H,18,20,21). The lowest BCUT2D eigenvalue weighted by Gasteiger charge is -2.03. The molecule has 0 aliphatic carbocycles. The highest BCUT2D eigenvalue weighted by Crippen LogP contribution is 2.26. The number of carbonyl (C=O) groups excluding carboxylic acids is 1. The summed E-state index contributed by atoms with van der Waals surface area (Å²) in [5, 5.41) is 10.4. The Morgan fingerprint density at radius 1 is 1.17 bits per heavy atom. The molecule has 0 saturated carbocycles. The van der Waals surface area contributed by atoms with E-state index in [1.165, 1.54) is 0 Å². The van der Waals surface area contributed by atoms with Gasteiger partial charge in [-0.15, -0.1) is 5.10 Å². The Hall–Kier alpha value is -3.09. The van der Waals surface area contributed by atoms with Gasteiger partial charge in [0.15, 0.2) is 0 Å². The van der Waals surface area contributed by atoms with Gasteiger partial charge < -0.3 is 13.6 Å². The fourth-order valence-electron chi connectivity index (χ4n) is 2.32. The third-order valence-electron chi connectivity index (χ3n) is 3.47. The molecule has 0 spiro atoms. The maximum Gasteiger partial charge on any atom is 0.322 e. The van der Waals surface area contributed by atoms with Crippen molar-refractivity contribution in [1.29, 1.82) is 0 Å². The van der Waals surface area contributed by atoms with Crippen molar-refractivity contribution >= 4 is 11.9 Å². The summed E-state index contributed by atoms with van der Waals surface area (Å²) in [6.07, 6.45) is 0.200. The molecule has 0 unspecified atom stereocenters. The van der Waals surface area contributed by atoms with E-state index in [-0.39, 0.29) is 18.3 Å². The first kappa shape index (κ1) is 15.8. The highest BCUT2D eigenvalue weighted by atomic mass is 16.5. The number of anilines is 1. The van der Waals surface area contributed by atoms with Crippen molar-refractivity contribution in [3.05, 3.63) is 47.4 Å². The summed E-state index contributed by atoms with van der Waals surface area (Å²) in [6.45, 7) is 3.65. The molecule has 0 radical (unpaired) electrons. The molecule has 7 nitrogen and oxygen atoms in total. The number of furan rings is 1. The topological polar surface area (TPSA) is 90.4 Å². The zero-order chi connectivity index (χ0) is 17.1. The molecule has 0 aliphatic heterocycles. The summed E-state index contributed by atoms with van der Waals surface area (Å²) in [4.78, 5) is 12.1. The molecule has 0 aliphatic rings. The summed E-state index contributed by atoms with van der Waals surface area (Å²) in [5.41, 5.74) is 1.57.